The van der Waals surface area contributed by atoms with Crippen molar-refractivity contribution in [3.63, 3.8) is 0 Å². The summed E-state index contributed by atoms with van der Waals surface area (Å²) in [7, 11) is 2.01. The quantitative estimate of drug-likeness (QED) is 0.843. The van der Waals surface area contributed by atoms with E-state index in [0.29, 0.717) is 0 Å². The molecule has 5 heteroatoms. The molecule has 1 fully saturated rings. The van der Waals surface area contributed by atoms with Gasteiger partial charge in [0, 0.05) is 18.7 Å². The van der Waals surface area contributed by atoms with Crippen LogP contribution in [0.3, 0.4) is 0 Å². The van der Waals surface area contributed by atoms with Crippen LogP contribution in [0.1, 0.15) is 6.42 Å². The Hall–Kier alpha value is -0.680. The van der Waals surface area contributed by atoms with Crippen LogP contribution in [0.15, 0.2) is 16.6 Å². The van der Waals surface area contributed by atoms with E-state index in [1.165, 1.54) is 6.07 Å². The average molecular weight is 291 g/mol. The number of nitrogens with zero attached hydrogens (tertiary/aromatic N) is 1. The highest BCUT2D eigenvalue weighted by Gasteiger charge is 2.20. The molecule has 0 saturated carbocycles. The zero-order valence-corrected chi connectivity index (χ0v) is 10.5. The van der Waals surface area contributed by atoms with E-state index in [1.807, 2.05) is 7.05 Å². The highest BCUT2D eigenvalue weighted by Crippen LogP contribution is 2.25. The van der Waals surface area contributed by atoms with Crippen LogP contribution in [0.5, 0.6) is 0 Å². The van der Waals surface area contributed by atoms with Crippen molar-refractivity contribution in [2.75, 3.05) is 25.5 Å². The highest BCUT2D eigenvalue weighted by molar-refractivity contribution is 9.10. The lowest BCUT2D eigenvalue weighted by Gasteiger charge is -2.15. The van der Waals surface area contributed by atoms with Gasteiger partial charge in [0.2, 0.25) is 0 Å². The zero-order valence-electron chi connectivity index (χ0n) is 8.93. The Morgan fingerprint density at radius 1 is 1.38 bits per heavy atom. The lowest BCUT2D eigenvalue weighted by molar-refractivity contribution is 0.414. The van der Waals surface area contributed by atoms with Gasteiger partial charge in [-0.05, 0) is 42.0 Å². The Kier molecular flexibility index (Phi) is 3.44. The summed E-state index contributed by atoms with van der Waals surface area (Å²) in [6, 6.07) is 2.54. The Morgan fingerprint density at radius 3 is 2.75 bits per heavy atom. The third-order valence-electron chi connectivity index (χ3n) is 2.76. The van der Waals surface area contributed by atoms with Gasteiger partial charge in [0.05, 0.1) is 10.2 Å². The fourth-order valence-electron chi connectivity index (χ4n) is 1.91. The maximum atomic E-state index is 13.5. The summed E-state index contributed by atoms with van der Waals surface area (Å²) in [4.78, 5) is 2.16. The topological polar surface area (TPSA) is 15.3 Å². The molecule has 1 aromatic carbocycles. The van der Waals surface area contributed by atoms with Crippen LogP contribution < -0.4 is 5.32 Å². The fourth-order valence-corrected chi connectivity index (χ4v) is 2.22. The average Bonchev–Trinajstić information content (AvgIpc) is 2.60. The molecule has 1 aliphatic rings. The van der Waals surface area contributed by atoms with Gasteiger partial charge in [-0.3, -0.25) is 0 Å². The van der Waals surface area contributed by atoms with E-state index in [0.717, 1.165) is 25.6 Å². The lowest BCUT2D eigenvalue weighted by Crippen LogP contribution is -2.24. The first kappa shape index (κ1) is 11.8. The monoisotopic (exact) mass is 290 g/mol. The van der Waals surface area contributed by atoms with Gasteiger partial charge in [-0.1, -0.05) is 0 Å². The predicted molar refractivity (Wildman–Crippen MR) is 63.6 cm³/mol. The van der Waals surface area contributed by atoms with Crippen LogP contribution in [0.25, 0.3) is 0 Å². The van der Waals surface area contributed by atoms with E-state index in [1.54, 1.807) is 0 Å². The minimum absolute atomic E-state index is 0.152. The van der Waals surface area contributed by atoms with Gasteiger partial charge < -0.3 is 10.2 Å². The third kappa shape index (κ3) is 2.52. The molecule has 1 aliphatic heterocycles. The Labute approximate surface area is 102 Å². The minimum Gasteiger partial charge on any atom is -0.379 e. The maximum absolute atomic E-state index is 13.5. The molecule has 0 aromatic heterocycles. The van der Waals surface area contributed by atoms with Crippen molar-refractivity contribution in [2.45, 2.75) is 12.5 Å². The Morgan fingerprint density at radius 2 is 2.12 bits per heavy atom. The number of benzene rings is 1. The second kappa shape index (κ2) is 4.67. The molecule has 0 radical (unpaired) electrons. The van der Waals surface area contributed by atoms with Crippen molar-refractivity contribution >= 4 is 21.6 Å². The smallest absolute Gasteiger partial charge is 0.147 e. The number of likely N-dealkylation sites (tertiary alicyclic amines) is 1. The first-order chi connectivity index (χ1) is 7.56. The molecule has 16 heavy (non-hydrogen) atoms. The normalized spacial score (nSPS) is 21.4. The predicted octanol–water partition coefficient (Wildman–Crippen LogP) is 2.84. The molecule has 0 spiro atoms. The highest BCUT2D eigenvalue weighted by atomic mass is 79.9. The number of nitrogens with one attached hydrogen (secondary N) is 1. The van der Waals surface area contributed by atoms with E-state index in [9.17, 15) is 8.78 Å². The summed E-state index contributed by atoms with van der Waals surface area (Å²) in [6.45, 7) is 1.84. The van der Waals surface area contributed by atoms with Crippen molar-refractivity contribution in [3.8, 4) is 0 Å². The van der Waals surface area contributed by atoms with Crippen LogP contribution >= 0.6 is 15.9 Å². The Bertz CT molecular complexity index is 398. The molecule has 0 amide bonds. The second-order valence-corrected chi connectivity index (χ2v) is 4.99. The van der Waals surface area contributed by atoms with Gasteiger partial charge in [0.25, 0.3) is 0 Å². The number of likely N-dealkylation sites (N-methyl/N-ethyl adjacent to an activating group) is 1. The summed E-state index contributed by atoms with van der Waals surface area (Å²) in [6.07, 6.45) is 0.952. The molecule has 1 atom stereocenters. The van der Waals surface area contributed by atoms with E-state index < -0.39 is 11.6 Å². The number of rotatable bonds is 2. The van der Waals surface area contributed by atoms with Crippen molar-refractivity contribution in [1.29, 1.82) is 0 Å². The fraction of sp³-hybridized carbons (Fsp3) is 0.455. The maximum Gasteiger partial charge on any atom is 0.147 e. The minimum atomic E-state index is -0.449. The first-order valence-corrected chi connectivity index (χ1v) is 5.95. The van der Waals surface area contributed by atoms with Crippen LogP contribution in [0, 0.1) is 11.6 Å². The van der Waals surface area contributed by atoms with Crippen molar-refractivity contribution in [2.24, 2.45) is 0 Å². The molecular weight excluding hydrogens is 278 g/mol. The van der Waals surface area contributed by atoms with E-state index in [2.05, 4.69) is 26.1 Å². The van der Waals surface area contributed by atoms with Gasteiger partial charge in [-0.2, -0.15) is 0 Å². The number of halogens is 3. The second-order valence-electron chi connectivity index (χ2n) is 4.14. The molecule has 1 unspecified atom stereocenters. The summed E-state index contributed by atoms with van der Waals surface area (Å²) in [5.74, 6) is -0.877. The first-order valence-electron chi connectivity index (χ1n) is 5.16. The van der Waals surface area contributed by atoms with Gasteiger partial charge >= 0.3 is 0 Å². The van der Waals surface area contributed by atoms with Crippen molar-refractivity contribution in [3.05, 3.63) is 28.2 Å². The molecule has 1 aromatic rings. The van der Waals surface area contributed by atoms with Crippen LogP contribution in [0.2, 0.25) is 0 Å². The van der Waals surface area contributed by atoms with Crippen LogP contribution in [-0.2, 0) is 0 Å². The standard InChI is InChI=1S/C11H13BrF2N2/c1-16-3-2-7(6-16)15-11-5-9(13)8(12)4-10(11)14/h4-5,7,15H,2-3,6H2,1H3. The van der Waals surface area contributed by atoms with Gasteiger partial charge in [0.1, 0.15) is 11.6 Å². The summed E-state index contributed by atoms with van der Waals surface area (Å²) in [5, 5.41) is 3.03. The van der Waals surface area contributed by atoms with Gasteiger partial charge in [-0.15, -0.1) is 0 Å². The zero-order chi connectivity index (χ0) is 11.7. The van der Waals surface area contributed by atoms with Crippen LogP contribution in [-0.4, -0.2) is 31.1 Å². The molecule has 1 N–H and O–H groups in total. The summed E-state index contributed by atoms with van der Waals surface area (Å²) < 4.78 is 26.9. The van der Waals surface area contributed by atoms with Gasteiger partial charge in [0.15, 0.2) is 0 Å². The largest absolute Gasteiger partial charge is 0.379 e. The van der Waals surface area contributed by atoms with Crippen molar-refractivity contribution < 1.29 is 8.78 Å². The number of hydrogen-bond donors (Lipinski definition) is 1. The van der Waals surface area contributed by atoms with Crippen molar-refractivity contribution in [1.82, 2.24) is 4.90 Å². The SMILES string of the molecule is CN1CCC(Nc2cc(F)c(Br)cc2F)C1. The molecule has 88 valence electrons. The molecular formula is C11H13BrF2N2. The molecule has 1 saturated heterocycles. The van der Waals surface area contributed by atoms with E-state index in [-0.39, 0.29) is 16.2 Å². The van der Waals surface area contributed by atoms with Crippen LogP contribution in [0.4, 0.5) is 14.5 Å². The van der Waals surface area contributed by atoms with E-state index >= 15 is 0 Å². The number of hydrogen-bond acceptors (Lipinski definition) is 2. The molecule has 0 bridgehead atoms. The molecule has 0 aliphatic carbocycles. The lowest BCUT2D eigenvalue weighted by atomic mass is 10.2. The summed E-state index contributed by atoms with van der Waals surface area (Å²) in [5.41, 5.74) is 0.237. The molecule has 1 heterocycles. The van der Waals surface area contributed by atoms with Gasteiger partial charge in [-0.25, -0.2) is 8.78 Å². The third-order valence-corrected chi connectivity index (χ3v) is 3.37. The molecule has 2 nitrogen and oxygen atoms in total. The van der Waals surface area contributed by atoms with E-state index in [4.69, 9.17) is 0 Å². The Balaban J connectivity index is 2.12. The number of anilines is 1. The summed E-state index contributed by atoms with van der Waals surface area (Å²) >= 11 is 2.95. The molecule has 2 rings (SSSR count).